The number of nitrogens with one attached hydrogen (secondary N) is 2. The fraction of sp³-hybridized carbons (Fsp3) is 0.188. The minimum Gasteiger partial charge on any atom is -0.376 e. The summed E-state index contributed by atoms with van der Waals surface area (Å²) in [5.74, 6) is -0.422. The third kappa shape index (κ3) is 4.28. The van der Waals surface area contributed by atoms with Crippen LogP contribution in [0.25, 0.3) is 0 Å². The summed E-state index contributed by atoms with van der Waals surface area (Å²) in [6.07, 6.45) is 0. The molecule has 0 aliphatic rings. The van der Waals surface area contributed by atoms with Crippen LogP contribution in [0.3, 0.4) is 0 Å². The number of hydrogen-bond acceptors (Lipinski definition) is 6. The number of carbonyl (C=O) groups is 1. The minimum atomic E-state index is -0.518. The molecule has 0 saturated carbocycles. The van der Waals surface area contributed by atoms with E-state index in [-0.39, 0.29) is 17.9 Å². The van der Waals surface area contributed by atoms with E-state index in [1.807, 2.05) is 0 Å². The molecule has 0 fully saturated rings. The Morgan fingerprint density at radius 2 is 1.76 bits per heavy atom. The van der Waals surface area contributed by atoms with E-state index in [9.17, 15) is 25.0 Å². The van der Waals surface area contributed by atoms with Crippen molar-refractivity contribution in [2.45, 2.75) is 13.8 Å². The van der Waals surface area contributed by atoms with E-state index in [1.165, 1.54) is 24.3 Å². The molecule has 0 bridgehead atoms. The molecule has 130 valence electrons. The summed E-state index contributed by atoms with van der Waals surface area (Å²) in [6.45, 7) is 3.17. The first-order valence-corrected chi connectivity index (χ1v) is 7.32. The Bertz CT molecular complexity index is 850. The monoisotopic (exact) mass is 344 g/mol. The van der Waals surface area contributed by atoms with Gasteiger partial charge >= 0.3 is 0 Å². The van der Waals surface area contributed by atoms with Gasteiger partial charge in [0.25, 0.3) is 11.4 Å². The Kier molecular flexibility index (Phi) is 5.28. The number of nitrogens with zero attached hydrogens (tertiary/aromatic N) is 2. The quantitative estimate of drug-likeness (QED) is 0.612. The number of anilines is 2. The van der Waals surface area contributed by atoms with Gasteiger partial charge in [0.05, 0.1) is 27.6 Å². The predicted molar refractivity (Wildman–Crippen MR) is 92.8 cm³/mol. The van der Waals surface area contributed by atoms with Crippen molar-refractivity contribution in [2.75, 3.05) is 17.2 Å². The number of amides is 1. The lowest BCUT2D eigenvalue weighted by molar-refractivity contribution is -0.385. The van der Waals surface area contributed by atoms with Crippen molar-refractivity contribution in [2.24, 2.45) is 0 Å². The van der Waals surface area contributed by atoms with Gasteiger partial charge in [-0.3, -0.25) is 25.0 Å². The molecular formula is C16H16N4O5. The van der Waals surface area contributed by atoms with Crippen molar-refractivity contribution in [3.8, 4) is 0 Å². The second-order valence-electron chi connectivity index (χ2n) is 5.36. The molecule has 2 N–H and O–H groups in total. The highest BCUT2D eigenvalue weighted by molar-refractivity contribution is 5.95. The van der Waals surface area contributed by atoms with Gasteiger partial charge in [-0.15, -0.1) is 0 Å². The van der Waals surface area contributed by atoms with Gasteiger partial charge in [0, 0.05) is 23.9 Å². The van der Waals surface area contributed by atoms with Gasteiger partial charge in [-0.1, -0.05) is 12.1 Å². The highest BCUT2D eigenvalue weighted by Gasteiger charge is 2.15. The maximum Gasteiger partial charge on any atom is 0.274 e. The van der Waals surface area contributed by atoms with Crippen LogP contribution in [0.4, 0.5) is 22.7 Å². The van der Waals surface area contributed by atoms with E-state index in [2.05, 4.69) is 10.6 Å². The van der Waals surface area contributed by atoms with Gasteiger partial charge in [0.2, 0.25) is 5.91 Å². The number of benzene rings is 2. The summed E-state index contributed by atoms with van der Waals surface area (Å²) in [7, 11) is 0. The van der Waals surface area contributed by atoms with Crippen LogP contribution in [0.1, 0.15) is 11.1 Å². The fourth-order valence-electron chi connectivity index (χ4n) is 2.24. The molecule has 2 rings (SSSR count). The van der Waals surface area contributed by atoms with Crippen molar-refractivity contribution in [3.05, 3.63) is 67.8 Å². The zero-order valence-electron chi connectivity index (χ0n) is 13.6. The van der Waals surface area contributed by atoms with Crippen LogP contribution in [0, 0.1) is 34.1 Å². The zero-order valence-corrected chi connectivity index (χ0v) is 13.6. The Labute approximate surface area is 143 Å². The molecule has 0 radical (unpaired) electrons. The molecule has 9 nitrogen and oxygen atoms in total. The molecule has 9 heteroatoms. The van der Waals surface area contributed by atoms with Gasteiger partial charge in [-0.05, 0) is 25.5 Å². The molecule has 0 heterocycles. The Hall–Kier alpha value is -3.49. The lowest BCUT2D eigenvalue weighted by Crippen LogP contribution is -2.22. The van der Waals surface area contributed by atoms with Gasteiger partial charge < -0.3 is 10.6 Å². The van der Waals surface area contributed by atoms with Crippen LogP contribution in [0.5, 0.6) is 0 Å². The molecule has 1 amide bonds. The summed E-state index contributed by atoms with van der Waals surface area (Å²) in [4.78, 5) is 32.8. The molecule has 0 atom stereocenters. The summed E-state index contributed by atoms with van der Waals surface area (Å²) in [5.41, 5.74) is 1.76. The van der Waals surface area contributed by atoms with Crippen molar-refractivity contribution < 1.29 is 14.6 Å². The molecule has 0 unspecified atom stereocenters. The average molecular weight is 344 g/mol. The highest BCUT2D eigenvalue weighted by atomic mass is 16.6. The Morgan fingerprint density at radius 1 is 1.04 bits per heavy atom. The third-order valence-corrected chi connectivity index (χ3v) is 3.65. The van der Waals surface area contributed by atoms with E-state index in [1.54, 1.807) is 26.0 Å². The van der Waals surface area contributed by atoms with Crippen molar-refractivity contribution >= 4 is 28.7 Å². The van der Waals surface area contributed by atoms with Gasteiger partial charge in [-0.2, -0.15) is 0 Å². The molecule has 0 aliphatic heterocycles. The van der Waals surface area contributed by atoms with Crippen LogP contribution in [0.15, 0.2) is 36.4 Å². The Balaban J connectivity index is 2.07. The molecule has 0 saturated heterocycles. The summed E-state index contributed by atoms with van der Waals surface area (Å²) in [5, 5.41) is 27.2. The fourth-order valence-corrected chi connectivity index (χ4v) is 2.24. The van der Waals surface area contributed by atoms with Crippen LogP contribution in [-0.2, 0) is 4.79 Å². The SMILES string of the molecule is Cc1ccc([N+](=O)[O-])cc1NCC(=O)Nc1cccc([N+](=O)[O-])c1C. The van der Waals surface area contributed by atoms with Gasteiger partial charge in [0.15, 0.2) is 0 Å². The molecule has 0 aliphatic carbocycles. The number of aryl methyl sites for hydroxylation is 1. The third-order valence-electron chi connectivity index (χ3n) is 3.65. The van der Waals surface area contributed by atoms with E-state index < -0.39 is 15.8 Å². The lowest BCUT2D eigenvalue weighted by Gasteiger charge is -2.11. The van der Waals surface area contributed by atoms with Crippen molar-refractivity contribution in [3.63, 3.8) is 0 Å². The molecule has 0 aromatic heterocycles. The second-order valence-corrected chi connectivity index (χ2v) is 5.36. The number of rotatable bonds is 6. The van der Waals surface area contributed by atoms with Gasteiger partial charge in [0.1, 0.15) is 0 Å². The molecule has 25 heavy (non-hydrogen) atoms. The molecule has 2 aromatic rings. The molecule has 0 spiro atoms. The summed E-state index contributed by atoms with van der Waals surface area (Å²) >= 11 is 0. The number of nitro groups is 2. The second kappa shape index (κ2) is 7.39. The Morgan fingerprint density at radius 3 is 2.40 bits per heavy atom. The number of hydrogen-bond donors (Lipinski definition) is 2. The van der Waals surface area contributed by atoms with Crippen LogP contribution in [-0.4, -0.2) is 22.3 Å². The number of nitro benzene ring substituents is 2. The summed E-state index contributed by atoms with van der Waals surface area (Å²) < 4.78 is 0. The van der Waals surface area contributed by atoms with E-state index >= 15 is 0 Å². The van der Waals surface area contributed by atoms with Crippen molar-refractivity contribution in [1.82, 2.24) is 0 Å². The number of non-ortho nitro benzene ring substituents is 1. The predicted octanol–water partition coefficient (Wildman–Crippen LogP) is 3.17. The van der Waals surface area contributed by atoms with E-state index in [0.717, 1.165) is 5.56 Å². The average Bonchev–Trinajstić information content (AvgIpc) is 2.55. The largest absolute Gasteiger partial charge is 0.376 e. The van der Waals surface area contributed by atoms with Gasteiger partial charge in [-0.25, -0.2) is 0 Å². The standard InChI is InChI=1S/C16H16N4O5/c1-10-6-7-12(19(22)23)8-14(10)17-9-16(21)18-13-4-3-5-15(11(13)2)20(24)25/h3-8,17H,9H2,1-2H3,(H,18,21). The smallest absolute Gasteiger partial charge is 0.274 e. The van der Waals surface area contributed by atoms with Crippen molar-refractivity contribution in [1.29, 1.82) is 0 Å². The zero-order chi connectivity index (χ0) is 18.6. The first-order chi connectivity index (χ1) is 11.8. The maximum absolute atomic E-state index is 12.1. The first-order valence-electron chi connectivity index (χ1n) is 7.32. The first kappa shape index (κ1) is 17.9. The van der Waals surface area contributed by atoms with Crippen LogP contribution < -0.4 is 10.6 Å². The van der Waals surface area contributed by atoms with Crippen LogP contribution in [0.2, 0.25) is 0 Å². The van der Waals surface area contributed by atoms with Crippen LogP contribution >= 0.6 is 0 Å². The molecule has 2 aromatic carbocycles. The maximum atomic E-state index is 12.1. The number of carbonyl (C=O) groups excluding carboxylic acids is 1. The minimum absolute atomic E-state index is 0.0805. The normalized spacial score (nSPS) is 10.2. The molecular weight excluding hydrogens is 328 g/mol. The summed E-state index contributed by atoms with van der Waals surface area (Å²) in [6, 6.07) is 8.73. The van der Waals surface area contributed by atoms with E-state index in [4.69, 9.17) is 0 Å². The topological polar surface area (TPSA) is 127 Å². The van der Waals surface area contributed by atoms with E-state index in [0.29, 0.717) is 16.9 Å². The highest BCUT2D eigenvalue weighted by Crippen LogP contribution is 2.25. The lowest BCUT2D eigenvalue weighted by atomic mass is 10.1.